The highest BCUT2D eigenvalue weighted by molar-refractivity contribution is 6.30. The molecule has 0 radical (unpaired) electrons. The number of imide groups is 2. The van der Waals surface area contributed by atoms with Crippen LogP contribution >= 0.6 is 11.6 Å². The molecule has 1 saturated carbocycles. The number of para-hydroxylation sites is 1. The topological polar surface area (TPSA) is 150 Å². The molecule has 3 fully saturated rings. The van der Waals surface area contributed by atoms with Gasteiger partial charge < -0.3 is 5.11 Å². The number of fused-ring (bicyclic) bond motifs is 4. The van der Waals surface area contributed by atoms with Crippen molar-refractivity contribution in [2.45, 2.75) is 24.2 Å². The van der Waals surface area contributed by atoms with Crippen LogP contribution in [0.15, 0.2) is 103 Å². The van der Waals surface area contributed by atoms with Crippen molar-refractivity contribution in [3.05, 3.63) is 141 Å². The lowest BCUT2D eigenvalue weighted by Crippen LogP contribution is -2.53. The molecule has 2 saturated heterocycles. The molecule has 52 heavy (non-hydrogen) atoms. The van der Waals surface area contributed by atoms with E-state index in [0.29, 0.717) is 16.2 Å². The van der Waals surface area contributed by atoms with Crippen molar-refractivity contribution in [3.63, 3.8) is 0 Å². The van der Waals surface area contributed by atoms with Gasteiger partial charge in [0.25, 0.3) is 17.5 Å². The van der Waals surface area contributed by atoms with Gasteiger partial charge in [-0.05, 0) is 78.9 Å². The Morgan fingerprint density at radius 1 is 0.865 bits per heavy atom. The summed E-state index contributed by atoms with van der Waals surface area (Å²) in [6.07, 6.45) is 1.72. The molecule has 2 N–H and O–H groups in total. The van der Waals surface area contributed by atoms with E-state index in [1.807, 2.05) is 0 Å². The number of carbonyl (C=O) groups is 4. The number of nitrogens with zero attached hydrogens (tertiary/aromatic N) is 3. The van der Waals surface area contributed by atoms with Crippen LogP contribution in [0.5, 0.6) is 5.75 Å². The van der Waals surface area contributed by atoms with E-state index in [-0.39, 0.29) is 35.5 Å². The number of rotatable bonds is 6. The van der Waals surface area contributed by atoms with Crippen molar-refractivity contribution in [1.82, 2.24) is 5.01 Å². The Bertz CT molecular complexity index is 2230. The summed E-state index contributed by atoms with van der Waals surface area (Å²) in [7, 11) is 0. The number of anilines is 2. The summed E-state index contributed by atoms with van der Waals surface area (Å²) in [4.78, 5) is 69.7. The zero-order chi connectivity index (χ0) is 36.6. The van der Waals surface area contributed by atoms with Crippen LogP contribution in [0.2, 0.25) is 5.02 Å². The fraction of sp³-hybridized carbons (Fsp3) is 0.211. The maximum absolute atomic E-state index is 15.3. The summed E-state index contributed by atoms with van der Waals surface area (Å²) in [5, 5.41) is 23.8. The average molecular weight is 725 g/mol. The van der Waals surface area contributed by atoms with Crippen LogP contribution < -0.4 is 10.3 Å². The Labute approximate surface area is 299 Å². The third-order valence-electron chi connectivity index (χ3n) is 10.9. The van der Waals surface area contributed by atoms with Crippen molar-refractivity contribution < 1.29 is 38.0 Å². The highest BCUT2D eigenvalue weighted by Gasteiger charge is 2.70. The van der Waals surface area contributed by atoms with Crippen LogP contribution in [-0.4, -0.2) is 38.7 Å². The largest absolute Gasteiger partial charge is 0.505 e. The molecule has 6 unspecified atom stereocenters. The minimum Gasteiger partial charge on any atom is -0.505 e. The number of nitrogens with one attached hydrogen (secondary N) is 1. The molecule has 11 nitrogen and oxygen atoms in total. The van der Waals surface area contributed by atoms with Gasteiger partial charge in [-0.2, -0.15) is 5.01 Å². The van der Waals surface area contributed by atoms with Gasteiger partial charge in [0.1, 0.15) is 5.82 Å². The Kier molecular flexibility index (Phi) is 7.72. The molecule has 2 aliphatic heterocycles. The lowest BCUT2D eigenvalue weighted by molar-refractivity contribution is -0.384. The van der Waals surface area contributed by atoms with Gasteiger partial charge in [0.15, 0.2) is 11.6 Å². The minimum absolute atomic E-state index is 0.00290. The second-order valence-electron chi connectivity index (χ2n) is 13.3. The molecular formula is C38H27ClF2N4O7. The first-order valence-electron chi connectivity index (χ1n) is 16.4. The number of hydrogen-bond donors (Lipinski definition) is 2. The lowest BCUT2D eigenvalue weighted by Gasteiger charge is -2.50. The van der Waals surface area contributed by atoms with E-state index >= 15 is 9.18 Å². The van der Waals surface area contributed by atoms with E-state index in [2.05, 4.69) is 5.43 Å². The molecule has 4 amide bonds. The van der Waals surface area contributed by atoms with E-state index in [9.17, 15) is 34.0 Å². The number of nitro groups is 1. The Morgan fingerprint density at radius 2 is 1.56 bits per heavy atom. The van der Waals surface area contributed by atoms with E-state index < -0.39 is 80.9 Å². The van der Waals surface area contributed by atoms with E-state index in [4.69, 9.17) is 11.6 Å². The molecule has 8 rings (SSSR count). The molecule has 262 valence electrons. The van der Waals surface area contributed by atoms with Crippen LogP contribution in [-0.2, 0) is 24.6 Å². The minimum atomic E-state index is -1.81. The molecule has 2 aliphatic carbocycles. The number of hydrazine groups is 1. The SMILES string of the molecule is O=C1C2CC3C(=CCC4C(=O)N(c5ccc([N+](=O)[O-])cc5)C(=O)C43)C(c3cccc(F)c3O)C2(c2ccc(Cl)cc2)C(=O)N1Nc1ccc(F)cc1. The fourth-order valence-corrected chi connectivity index (χ4v) is 8.87. The van der Waals surface area contributed by atoms with Gasteiger partial charge in [0.05, 0.1) is 39.5 Å². The Balaban J connectivity index is 1.31. The summed E-state index contributed by atoms with van der Waals surface area (Å²) in [6, 6.07) is 20.2. The zero-order valence-corrected chi connectivity index (χ0v) is 27.7. The Hall–Kier alpha value is -5.95. The third-order valence-corrected chi connectivity index (χ3v) is 11.2. The predicted molar refractivity (Wildman–Crippen MR) is 183 cm³/mol. The normalized spacial score (nSPS) is 26.5. The van der Waals surface area contributed by atoms with Crippen LogP contribution in [0.25, 0.3) is 0 Å². The number of non-ortho nitro benzene ring substituents is 1. The van der Waals surface area contributed by atoms with Gasteiger partial charge in [-0.15, -0.1) is 0 Å². The van der Waals surface area contributed by atoms with Gasteiger partial charge in [-0.3, -0.25) is 39.6 Å². The number of aromatic hydroxyl groups is 1. The van der Waals surface area contributed by atoms with Crippen LogP contribution in [0.3, 0.4) is 0 Å². The van der Waals surface area contributed by atoms with Crippen LogP contribution in [0.1, 0.15) is 29.9 Å². The highest BCUT2D eigenvalue weighted by atomic mass is 35.5. The van der Waals surface area contributed by atoms with Crippen LogP contribution in [0, 0.1) is 45.4 Å². The first-order chi connectivity index (χ1) is 24.9. The number of phenols is 1. The molecule has 4 aromatic carbocycles. The number of allylic oxidation sites excluding steroid dienone is 2. The standard InChI is InChI=1S/C38H27ClF2N4O7/c39-20-6-4-19(5-7-20)38-29(35(48)44(37(38)50)42-22-10-8-21(40)9-11-22)18-28-25(32(38)27-2-1-3-30(41)33(27)46)16-17-26-31(28)36(49)43(34(26)47)23-12-14-24(15-13-23)45(51)52/h1-16,26,28-29,31-32,42,46H,17-18H2. The summed E-state index contributed by atoms with van der Waals surface area (Å²) < 4.78 is 29.1. The zero-order valence-electron chi connectivity index (χ0n) is 26.9. The molecule has 6 atom stereocenters. The van der Waals surface area contributed by atoms with Crippen LogP contribution in [0.4, 0.5) is 25.8 Å². The van der Waals surface area contributed by atoms with E-state index in [0.717, 1.165) is 28.1 Å². The molecule has 0 aromatic heterocycles. The van der Waals surface area contributed by atoms with Gasteiger partial charge in [-0.25, -0.2) is 8.78 Å². The van der Waals surface area contributed by atoms with Crippen molar-refractivity contribution in [1.29, 1.82) is 0 Å². The molecule has 2 heterocycles. The average Bonchev–Trinajstić information content (AvgIpc) is 3.51. The number of carbonyl (C=O) groups excluding carboxylic acids is 4. The molecule has 4 aromatic rings. The number of phenolic OH excluding ortho intramolecular Hbond substituents is 1. The predicted octanol–water partition coefficient (Wildman–Crippen LogP) is 6.42. The van der Waals surface area contributed by atoms with Gasteiger partial charge >= 0.3 is 0 Å². The lowest BCUT2D eigenvalue weighted by atomic mass is 9.49. The number of hydrogen-bond acceptors (Lipinski definition) is 8. The summed E-state index contributed by atoms with van der Waals surface area (Å²) in [6.45, 7) is 0. The van der Waals surface area contributed by atoms with E-state index in [1.54, 1.807) is 30.3 Å². The number of nitro benzene ring substituents is 1. The fourth-order valence-electron chi connectivity index (χ4n) is 8.74. The quantitative estimate of drug-likeness (QED) is 0.100. The molecular weight excluding hydrogens is 698 g/mol. The maximum atomic E-state index is 15.3. The molecule has 0 spiro atoms. The van der Waals surface area contributed by atoms with E-state index in [1.165, 1.54) is 48.5 Å². The highest BCUT2D eigenvalue weighted by Crippen LogP contribution is 2.65. The molecule has 0 bridgehead atoms. The van der Waals surface area contributed by atoms with Crippen molar-refractivity contribution in [2.24, 2.45) is 23.7 Å². The second kappa shape index (κ2) is 12.1. The smallest absolute Gasteiger partial charge is 0.269 e. The van der Waals surface area contributed by atoms with Gasteiger partial charge in [0, 0.05) is 28.6 Å². The maximum Gasteiger partial charge on any atom is 0.269 e. The third kappa shape index (κ3) is 4.75. The number of halogens is 3. The van der Waals surface area contributed by atoms with Crippen molar-refractivity contribution in [2.75, 3.05) is 10.3 Å². The van der Waals surface area contributed by atoms with Gasteiger partial charge in [-0.1, -0.05) is 47.5 Å². The van der Waals surface area contributed by atoms with Crippen molar-refractivity contribution >= 4 is 52.3 Å². The summed E-state index contributed by atoms with van der Waals surface area (Å²) >= 11 is 6.28. The van der Waals surface area contributed by atoms with Gasteiger partial charge in [0.2, 0.25) is 11.8 Å². The first-order valence-corrected chi connectivity index (χ1v) is 16.8. The summed E-state index contributed by atoms with van der Waals surface area (Å²) in [5.74, 6) is -9.87. The van der Waals surface area contributed by atoms with Crippen molar-refractivity contribution in [3.8, 4) is 5.75 Å². The number of benzene rings is 4. The summed E-state index contributed by atoms with van der Waals surface area (Å²) in [5.41, 5.74) is 1.98. The first kappa shape index (κ1) is 33.2. The second-order valence-corrected chi connectivity index (χ2v) is 13.8. The number of amides is 4. The monoisotopic (exact) mass is 724 g/mol. The molecule has 14 heteroatoms. The Morgan fingerprint density at radius 3 is 2.23 bits per heavy atom. The molecule has 4 aliphatic rings.